The smallest absolute Gasteiger partial charge is 0.143 e. The number of Topliss-reactive ketones (excluding diaryl/α,β-unsaturated/α-hetero) is 2. The highest BCUT2D eigenvalue weighted by molar-refractivity contribution is 5.88. The van der Waals surface area contributed by atoms with Crippen LogP contribution in [0.1, 0.15) is 76.2 Å². The second-order valence-corrected chi connectivity index (χ2v) is 9.15. The van der Waals surface area contributed by atoms with Crippen molar-refractivity contribution in [2.75, 3.05) is 13.2 Å². The molecule has 1 aliphatic carbocycles. The third-order valence-electron chi connectivity index (χ3n) is 6.51. The van der Waals surface area contributed by atoms with Gasteiger partial charge in [-0.25, -0.2) is 0 Å². The maximum Gasteiger partial charge on any atom is 0.143 e. The van der Waals surface area contributed by atoms with E-state index in [9.17, 15) is 14.7 Å². The van der Waals surface area contributed by atoms with Crippen LogP contribution in [-0.2, 0) is 16.0 Å². The van der Waals surface area contributed by atoms with Crippen molar-refractivity contribution < 1.29 is 24.9 Å². The normalized spacial score (nSPS) is 17.1. The van der Waals surface area contributed by atoms with E-state index in [4.69, 9.17) is 10.2 Å². The van der Waals surface area contributed by atoms with Crippen LogP contribution in [0.2, 0.25) is 0 Å². The standard InChI is InChI=1S/C27H40O5/c28-19-22(20-29)18-25(31)10-6-1-2-7-11-26-23(14-17-27(26)32)13-16-24(30)15-12-21-8-4-3-5-9-21/h3-5,8-9,14,22,24,26,28-30H,1-2,6-7,10-13,15-20H2/t24-,26+/m0/s1. The van der Waals surface area contributed by atoms with Crippen molar-refractivity contribution in [3.05, 3.63) is 47.5 Å². The third kappa shape index (κ3) is 9.76. The lowest BCUT2D eigenvalue weighted by Gasteiger charge is -2.16. The highest BCUT2D eigenvalue weighted by atomic mass is 16.3. The zero-order valence-electron chi connectivity index (χ0n) is 19.3. The van der Waals surface area contributed by atoms with Gasteiger partial charge in [-0.15, -0.1) is 0 Å². The number of carbonyl (C=O) groups is 2. The number of unbranched alkanes of at least 4 members (excludes halogenated alkanes) is 3. The van der Waals surface area contributed by atoms with Crippen molar-refractivity contribution >= 4 is 11.6 Å². The second kappa shape index (κ2) is 15.1. The summed E-state index contributed by atoms with van der Waals surface area (Å²) in [4.78, 5) is 24.2. The Morgan fingerprint density at radius 1 is 0.969 bits per heavy atom. The molecule has 178 valence electrons. The van der Waals surface area contributed by atoms with Crippen LogP contribution in [0.15, 0.2) is 42.0 Å². The van der Waals surface area contributed by atoms with Gasteiger partial charge >= 0.3 is 0 Å². The maximum atomic E-state index is 12.3. The zero-order valence-corrected chi connectivity index (χ0v) is 19.3. The molecule has 0 aliphatic heterocycles. The highest BCUT2D eigenvalue weighted by Crippen LogP contribution is 2.31. The molecule has 1 aromatic carbocycles. The van der Waals surface area contributed by atoms with Crippen LogP contribution in [0.4, 0.5) is 0 Å². The minimum absolute atomic E-state index is 0.00724. The summed E-state index contributed by atoms with van der Waals surface area (Å²) in [6.07, 6.45) is 10.7. The molecule has 0 saturated carbocycles. The number of rotatable bonds is 17. The fourth-order valence-corrected chi connectivity index (χ4v) is 4.44. The van der Waals surface area contributed by atoms with Crippen molar-refractivity contribution in [2.24, 2.45) is 11.8 Å². The monoisotopic (exact) mass is 444 g/mol. The van der Waals surface area contributed by atoms with Gasteiger partial charge in [-0.2, -0.15) is 0 Å². The average molecular weight is 445 g/mol. The number of ketones is 2. The molecule has 0 fully saturated rings. The van der Waals surface area contributed by atoms with Crippen LogP contribution < -0.4 is 0 Å². The summed E-state index contributed by atoms with van der Waals surface area (Å²) in [6, 6.07) is 10.2. The van der Waals surface area contributed by atoms with Crippen molar-refractivity contribution in [3.8, 4) is 0 Å². The summed E-state index contributed by atoms with van der Waals surface area (Å²) >= 11 is 0. The van der Waals surface area contributed by atoms with Gasteiger partial charge in [0, 0.05) is 44.3 Å². The Morgan fingerprint density at radius 2 is 1.66 bits per heavy atom. The quantitative estimate of drug-likeness (QED) is 0.248. The van der Waals surface area contributed by atoms with E-state index in [1.165, 1.54) is 11.1 Å². The van der Waals surface area contributed by atoms with Crippen LogP contribution in [0, 0.1) is 11.8 Å². The summed E-state index contributed by atoms with van der Waals surface area (Å²) in [5.41, 5.74) is 2.44. The van der Waals surface area contributed by atoms with Gasteiger partial charge in [-0.05, 0) is 44.1 Å². The summed E-state index contributed by atoms with van der Waals surface area (Å²) in [5, 5.41) is 28.5. The first-order valence-corrected chi connectivity index (χ1v) is 12.2. The van der Waals surface area contributed by atoms with E-state index in [1.54, 1.807) is 0 Å². The van der Waals surface area contributed by atoms with Gasteiger partial charge in [0.1, 0.15) is 11.6 Å². The molecule has 0 bridgehead atoms. The van der Waals surface area contributed by atoms with Gasteiger partial charge in [0.15, 0.2) is 0 Å². The van der Waals surface area contributed by atoms with Gasteiger partial charge in [-0.3, -0.25) is 9.59 Å². The summed E-state index contributed by atoms with van der Waals surface area (Å²) in [6.45, 7) is -0.310. The number of allylic oxidation sites excluding steroid dienone is 2. The number of aliphatic hydroxyl groups excluding tert-OH is 3. The fourth-order valence-electron chi connectivity index (χ4n) is 4.44. The summed E-state index contributed by atoms with van der Waals surface area (Å²) < 4.78 is 0. The molecule has 0 amide bonds. The molecule has 2 atom stereocenters. The molecule has 0 aromatic heterocycles. The van der Waals surface area contributed by atoms with Crippen LogP contribution in [0.25, 0.3) is 0 Å². The number of aryl methyl sites for hydroxylation is 1. The molecule has 0 radical (unpaired) electrons. The molecule has 1 aliphatic rings. The molecule has 0 heterocycles. The predicted octanol–water partition coefficient (Wildman–Crippen LogP) is 4.18. The minimum atomic E-state index is -0.346. The number of aliphatic hydroxyl groups is 3. The third-order valence-corrected chi connectivity index (χ3v) is 6.51. The molecule has 1 aromatic rings. The van der Waals surface area contributed by atoms with Crippen molar-refractivity contribution in [2.45, 2.75) is 83.2 Å². The van der Waals surface area contributed by atoms with Crippen LogP contribution in [-0.4, -0.2) is 46.2 Å². The van der Waals surface area contributed by atoms with Crippen molar-refractivity contribution in [3.63, 3.8) is 0 Å². The summed E-state index contributed by atoms with van der Waals surface area (Å²) in [7, 11) is 0. The van der Waals surface area contributed by atoms with Crippen LogP contribution >= 0.6 is 0 Å². The Kier molecular flexibility index (Phi) is 12.5. The molecule has 32 heavy (non-hydrogen) atoms. The van der Waals surface area contributed by atoms with Gasteiger partial charge in [-0.1, -0.05) is 61.2 Å². The molecule has 5 heteroatoms. The number of carbonyl (C=O) groups excluding carboxylic acids is 2. The van der Waals surface area contributed by atoms with E-state index >= 15 is 0 Å². The van der Waals surface area contributed by atoms with E-state index in [-0.39, 0.29) is 43.4 Å². The number of benzene rings is 1. The van der Waals surface area contributed by atoms with Gasteiger partial charge < -0.3 is 15.3 Å². The average Bonchev–Trinajstić information content (AvgIpc) is 3.16. The fraction of sp³-hybridized carbons (Fsp3) is 0.630. The van der Waals surface area contributed by atoms with Crippen molar-refractivity contribution in [1.29, 1.82) is 0 Å². The van der Waals surface area contributed by atoms with Crippen LogP contribution in [0.3, 0.4) is 0 Å². The van der Waals surface area contributed by atoms with Crippen LogP contribution in [0.5, 0.6) is 0 Å². The zero-order chi connectivity index (χ0) is 23.2. The minimum Gasteiger partial charge on any atom is -0.396 e. The first-order valence-electron chi connectivity index (χ1n) is 12.2. The lowest BCUT2D eigenvalue weighted by molar-refractivity contribution is -0.121. The Balaban J connectivity index is 1.59. The topological polar surface area (TPSA) is 94.8 Å². The lowest BCUT2D eigenvalue weighted by Crippen LogP contribution is -2.16. The largest absolute Gasteiger partial charge is 0.396 e. The molecule has 3 N–H and O–H groups in total. The van der Waals surface area contributed by atoms with Gasteiger partial charge in [0.05, 0.1) is 6.10 Å². The van der Waals surface area contributed by atoms with E-state index in [0.717, 1.165) is 51.4 Å². The molecular formula is C27H40O5. The Bertz CT molecular complexity index is 708. The van der Waals surface area contributed by atoms with E-state index in [2.05, 4.69) is 18.2 Å². The SMILES string of the molecule is O=C(CCCCCC[C@H]1C(=O)CC=C1CC[C@@H](O)CCc1ccccc1)CC(CO)CO. The molecule has 0 saturated heterocycles. The lowest BCUT2D eigenvalue weighted by atomic mass is 9.89. The van der Waals surface area contributed by atoms with E-state index in [0.29, 0.717) is 25.0 Å². The number of hydrogen-bond donors (Lipinski definition) is 3. The van der Waals surface area contributed by atoms with Gasteiger partial charge in [0.25, 0.3) is 0 Å². The maximum absolute atomic E-state index is 12.3. The van der Waals surface area contributed by atoms with Crippen molar-refractivity contribution in [1.82, 2.24) is 0 Å². The van der Waals surface area contributed by atoms with E-state index < -0.39 is 0 Å². The molecule has 0 unspecified atom stereocenters. The predicted molar refractivity (Wildman–Crippen MR) is 126 cm³/mol. The highest BCUT2D eigenvalue weighted by Gasteiger charge is 2.27. The summed E-state index contributed by atoms with van der Waals surface area (Å²) in [5.74, 6) is 0.0684. The second-order valence-electron chi connectivity index (χ2n) is 9.15. The Morgan fingerprint density at radius 3 is 2.38 bits per heavy atom. The van der Waals surface area contributed by atoms with E-state index in [1.807, 2.05) is 18.2 Å². The van der Waals surface area contributed by atoms with Gasteiger partial charge in [0.2, 0.25) is 0 Å². The molecule has 2 rings (SSSR count). The molecule has 0 spiro atoms. The Hall–Kier alpha value is -1.82. The number of hydrogen-bond acceptors (Lipinski definition) is 5. The molecular weight excluding hydrogens is 404 g/mol. The Labute approximate surface area is 192 Å². The molecule has 5 nitrogen and oxygen atoms in total. The first kappa shape index (κ1) is 26.4. The first-order chi connectivity index (χ1) is 15.5.